The van der Waals surface area contributed by atoms with Crippen LogP contribution in [0.1, 0.15) is 80.7 Å². The highest BCUT2D eigenvalue weighted by molar-refractivity contribution is 5.34. The van der Waals surface area contributed by atoms with E-state index in [2.05, 4.69) is 53.6 Å². The first kappa shape index (κ1) is 19.6. The standard InChI is InChI=1S/C14H19NO.C11H15N/c1-4-9-15-13(5-1)12-6-10-16-14(11-12)7-2-3-8-14;1-2-12-11-8-7-9-5-3-4-6-10(9)11/h1,4-5,9,12H,2-3,6-8,10-11H2;3-6,11-12H,2,7-8H2,1H3. The quantitative estimate of drug-likeness (QED) is 0.758. The van der Waals surface area contributed by atoms with Crippen molar-refractivity contribution in [3.8, 4) is 0 Å². The molecular formula is C25H34N2O. The molecule has 2 fully saturated rings. The van der Waals surface area contributed by atoms with Gasteiger partial charge in [-0.3, -0.25) is 4.98 Å². The molecule has 5 rings (SSSR count). The van der Waals surface area contributed by atoms with Crippen molar-refractivity contribution in [2.24, 2.45) is 0 Å². The second-order valence-electron chi connectivity index (χ2n) is 8.53. The van der Waals surface area contributed by atoms with Crippen molar-refractivity contribution in [2.75, 3.05) is 13.2 Å². The van der Waals surface area contributed by atoms with E-state index in [4.69, 9.17) is 4.74 Å². The van der Waals surface area contributed by atoms with Gasteiger partial charge in [0.1, 0.15) is 0 Å². The summed E-state index contributed by atoms with van der Waals surface area (Å²) < 4.78 is 6.05. The van der Waals surface area contributed by atoms with Crippen LogP contribution < -0.4 is 5.32 Å². The molecule has 1 saturated heterocycles. The molecule has 1 aliphatic heterocycles. The molecule has 1 aromatic heterocycles. The van der Waals surface area contributed by atoms with Crippen LogP contribution in [0, 0.1) is 0 Å². The first-order valence-electron chi connectivity index (χ1n) is 11.2. The minimum absolute atomic E-state index is 0.209. The molecule has 150 valence electrons. The summed E-state index contributed by atoms with van der Waals surface area (Å²) in [6.45, 7) is 4.15. The van der Waals surface area contributed by atoms with Crippen molar-refractivity contribution in [3.63, 3.8) is 0 Å². The maximum atomic E-state index is 6.05. The predicted molar refractivity (Wildman–Crippen MR) is 115 cm³/mol. The van der Waals surface area contributed by atoms with Crippen LogP contribution in [-0.2, 0) is 11.2 Å². The van der Waals surface area contributed by atoms with Crippen molar-refractivity contribution in [2.45, 2.75) is 75.9 Å². The number of aromatic nitrogens is 1. The van der Waals surface area contributed by atoms with E-state index >= 15 is 0 Å². The second-order valence-corrected chi connectivity index (χ2v) is 8.53. The van der Waals surface area contributed by atoms with Crippen molar-refractivity contribution in [3.05, 3.63) is 65.5 Å². The normalized spacial score (nSPS) is 25.2. The first-order chi connectivity index (χ1) is 13.8. The lowest BCUT2D eigenvalue weighted by Crippen LogP contribution is -2.36. The van der Waals surface area contributed by atoms with Gasteiger partial charge in [0.2, 0.25) is 0 Å². The van der Waals surface area contributed by atoms with Gasteiger partial charge < -0.3 is 10.1 Å². The Morgan fingerprint density at radius 1 is 1.07 bits per heavy atom. The van der Waals surface area contributed by atoms with E-state index in [1.165, 1.54) is 61.8 Å². The summed E-state index contributed by atoms with van der Waals surface area (Å²) >= 11 is 0. The van der Waals surface area contributed by atoms with Crippen LogP contribution >= 0.6 is 0 Å². The molecule has 2 atom stereocenters. The van der Waals surface area contributed by atoms with Crippen LogP contribution in [0.25, 0.3) is 0 Å². The Bertz CT molecular complexity index is 737. The number of benzene rings is 1. The molecule has 1 saturated carbocycles. The summed E-state index contributed by atoms with van der Waals surface area (Å²) in [4.78, 5) is 4.50. The largest absolute Gasteiger partial charge is 0.375 e. The second kappa shape index (κ2) is 9.19. The molecule has 2 heterocycles. The van der Waals surface area contributed by atoms with Gasteiger partial charge in [-0.15, -0.1) is 0 Å². The number of pyridine rings is 1. The number of nitrogens with one attached hydrogen (secondary N) is 1. The average molecular weight is 379 g/mol. The van der Waals surface area contributed by atoms with Crippen LogP contribution in [0.5, 0.6) is 0 Å². The Morgan fingerprint density at radius 3 is 2.68 bits per heavy atom. The number of hydrogen-bond donors (Lipinski definition) is 1. The third-order valence-electron chi connectivity index (χ3n) is 6.70. The molecule has 0 amide bonds. The van der Waals surface area contributed by atoms with E-state index in [0.717, 1.165) is 19.6 Å². The molecular weight excluding hydrogens is 344 g/mol. The average Bonchev–Trinajstić information content (AvgIpc) is 3.37. The Hall–Kier alpha value is -1.71. The SMILES string of the molecule is CCNC1CCc2ccccc21.c1ccc(C2CCOC3(CCCC3)C2)nc1. The Balaban J connectivity index is 0.000000143. The summed E-state index contributed by atoms with van der Waals surface area (Å²) in [6, 6.07) is 15.6. The van der Waals surface area contributed by atoms with E-state index in [0.29, 0.717) is 12.0 Å². The monoisotopic (exact) mass is 378 g/mol. The van der Waals surface area contributed by atoms with Crippen LogP contribution in [0.2, 0.25) is 0 Å². The van der Waals surface area contributed by atoms with Crippen LogP contribution in [0.15, 0.2) is 48.7 Å². The maximum Gasteiger partial charge on any atom is 0.0689 e. The zero-order chi connectivity index (χ0) is 19.2. The van der Waals surface area contributed by atoms with Gasteiger partial charge >= 0.3 is 0 Å². The van der Waals surface area contributed by atoms with E-state index in [9.17, 15) is 0 Å². The topological polar surface area (TPSA) is 34.1 Å². The fraction of sp³-hybridized carbons (Fsp3) is 0.560. The molecule has 2 unspecified atom stereocenters. The summed E-state index contributed by atoms with van der Waals surface area (Å²) in [5.74, 6) is 0.619. The lowest BCUT2D eigenvalue weighted by atomic mass is 9.83. The van der Waals surface area contributed by atoms with Gasteiger partial charge in [-0.25, -0.2) is 0 Å². The summed E-state index contributed by atoms with van der Waals surface area (Å²) in [7, 11) is 0. The first-order valence-corrected chi connectivity index (χ1v) is 11.2. The minimum atomic E-state index is 0.209. The van der Waals surface area contributed by atoms with Gasteiger partial charge in [0.05, 0.1) is 5.60 Å². The number of ether oxygens (including phenoxy) is 1. The van der Waals surface area contributed by atoms with Crippen molar-refractivity contribution in [1.82, 2.24) is 10.3 Å². The smallest absolute Gasteiger partial charge is 0.0689 e. The zero-order valence-electron chi connectivity index (χ0n) is 17.2. The Labute approximate surface area is 169 Å². The van der Waals surface area contributed by atoms with E-state index in [1.807, 2.05) is 12.3 Å². The number of hydrogen-bond acceptors (Lipinski definition) is 3. The van der Waals surface area contributed by atoms with E-state index in [-0.39, 0.29) is 5.60 Å². The van der Waals surface area contributed by atoms with Crippen LogP contribution in [-0.4, -0.2) is 23.7 Å². The van der Waals surface area contributed by atoms with Crippen molar-refractivity contribution < 1.29 is 4.74 Å². The number of fused-ring (bicyclic) bond motifs is 1. The Morgan fingerprint density at radius 2 is 1.89 bits per heavy atom. The summed E-state index contributed by atoms with van der Waals surface area (Å²) in [5, 5.41) is 3.50. The van der Waals surface area contributed by atoms with Crippen LogP contribution in [0.4, 0.5) is 0 Å². The summed E-state index contributed by atoms with van der Waals surface area (Å²) in [5.41, 5.74) is 4.51. The molecule has 3 nitrogen and oxygen atoms in total. The molecule has 2 aliphatic carbocycles. The van der Waals surface area contributed by atoms with E-state index in [1.54, 1.807) is 0 Å². The number of aryl methyl sites for hydroxylation is 1. The van der Waals surface area contributed by atoms with Gasteiger partial charge in [-0.1, -0.05) is 50.1 Å². The minimum Gasteiger partial charge on any atom is -0.375 e. The third-order valence-corrected chi connectivity index (χ3v) is 6.70. The highest BCUT2D eigenvalue weighted by Crippen LogP contribution is 2.44. The fourth-order valence-electron chi connectivity index (χ4n) is 5.28. The molecule has 3 aliphatic rings. The van der Waals surface area contributed by atoms with Gasteiger partial charge in [0.15, 0.2) is 0 Å². The lowest BCUT2D eigenvalue weighted by Gasteiger charge is -2.38. The number of nitrogens with zero attached hydrogens (tertiary/aromatic N) is 1. The molecule has 1 spiro atoms. The highest BCUT2D eigenvalue weighted by Gasteiger charge is 2.40. The predicted octanol–water partition coefficient (Wildman–Crippen LogP) is 5.57. The van der Waals surface area contributed by atoms with Gasteiger partial charge in [-0.05, 0) is 68.3 Å². The third kappa shape index (κ3) is 4.47. The summed E-state index contributed by atoms with van der Waals surface area (Å²) in [6.07, 6.45) is 12.0. The maximum absolute atomic E-state index is 6.05. The molecule has 0 bridgehead atoms. The lowest BCUT2D eigenvalue weighted by molar-refractivity contribution is -0.0809. The molecule has 2 aromatic rings. The highest BCUT2D eigenvalue weighted by atomic mass is 16.5. The number of rotatable bonds is 3. The zero-order valence-corrected chi connectivity index (χ0v) is 17.2. The molecule has 1 N–H and O–H groups in total. The van der Waals surface area contributed by atoms with Gasteiger partial charge in [0, 0.05) is 30.5 Å². The van der Waals surface area contributed by atoms with Crippen molar-refractivity contribution in [1.29, 1.82) is 0 Å². The molecule has 0 radical (unpaired) electrons. The molecule has 3 heteroatoms. The van der Waals surface area contributed by atoms with Crippen molar-refractivity contribution >= 4 is 0 Å². The fourth-order valence-corrected chi connectivity index (χ4v) is 5.28. The van der Waals surface area contributed by atoms with E-state index < -0.39 is 0 Å². The molecule has 28 heavy (non-hydrogen) atoms. The van der Waals surface area contributed by atoms with Gasteiger partial charge in [0.25, 0.3) is 0 Å². The van der Waals surface area contributed by atoms with Gasteiger partial charge in [-0.2, -0.15) is 0 Å². The molecule has 1 aromatic carbocycles. The van der Waals surface area contributed by atoms with Crippen LogP contribution in [0.3, 0.4) is 0 Å². The Kier molecular flexibility index (Phi) is 6.43.